The van der Waals surface area contributed by atoms with Gasteiger partial charge in [-0.3, -0.25) is 0 Å². The van der Waals surface area contributed by atoms with Gasteiger partial charge in [0.1, 0.15) is 4.21 Å². The number of hydrogen-bond acceptors (Lipinski definition) is 5. The van der Waals surface area contributed by atoms with Gasteiger partial charge < -0.3 is 0 Å². The van der Waals surface area contributed by atoms with Crippen molar-refractivity contribution < 1.29 is 8.42 Å². The molecule has 19 heavy (non-hydrogen) atoms. The lowest BCUT2D eigenvalue weighted by Crippen LogP contribution is -2.25. The Morgan fingerprint density at radius 2 is 2.16 bits per heavy atom. The summed E-state index contributed by atoms with van der Waals surface area (Å²) in [4.78, 5) is 5.08. The Hall–Kier alpha value is -0.470. The van der Waals surface area contributed by atoms with Crippen molar-refractivity contribution in [3.8, 4) is 0 Å². The Morgan fingerprint density at radius 1 is 1.42 bits per heavy atom. The van der Waals surface area contributed by atoms with E-state index in [2.05, 4.69) is 4.98 Å². The number of alkyl halides is 1. The number of nitrogens with zero attached hydrogens (tertiary/aromatic N) is 2. The van der Waals surface area contributed by atoms with Crippen LogP contribution < -0.4 is 0 Å². The second-order valence-corrected chi connectivity index (χ2v) is 8.42. The van der Waals surface area contributed by atoms with Crippen LogP contribution in [0.3, 0.4) is 0 Å². The zero-order chi connectivity index (χ0) is 14.0. The molecular formula is C11H13ClN2O2S3. The van der Waals surface area contributed by atoms with E-state index >= 15 is 0 Å². The molecule has 0 saturated heterocycles. The Balaban J connectivity index is 2.22. The molecule has 8 heteroatoms. The summed E-state index contributed by atoms with van der Waals surface area (Å²) in [5.41, 5.74) is 3.43. The van der Waals surface area contributed by atoms with E-state index in [0.717, 1.165) is 16.1 Å². The third-order valence-electron chi connectivity index (χ3n) is 2.66. The Bertz CT molecular complexity index is 663. The first kappa shape index (κ1) is 14.9. The van der Waals surface area contributed by atoms with Gasteiger partial charge in [-0.25, -0.2) is 13.4 Å². The number of thiazole rings is 1. The normalized spacial score (nSPS) is 12.2. The number of halogens is 1. The molecule has 2 heterocycles. The molecule has 0 aliphatic carbocycles. The van der Waals surface area contributed by atoms with Crippen molar-refractivity contribution in [2.75, 3.05) is 7.05 Å². The average Bonchev–Trinajstić information content (AvgIpc) is 2.99. The topological polar surface area (TPSA) is 50.3 Å². The van der Waals surface area contributed by atoms with Gasteiger partial charge >= 0.3 is 0 Å². The Morgan fingerprint density at radius 3 is 2.68 bits per heavy atom. The van der Waals surface area contributed by atoms with Crippen LogP contribution in [-0.2, 0) is 22.4 Å². The van der Waals surface area contributed by atoms with Crippen molar-refractivity contribution in [1.29, 1.82) is 0 Å². The van der Waals surface area contributed by atoms with Crippen LogP contribution in [0.5, 0.6) is 0 Å². The summed E-state index contributed by atoms with van der Waals surface area (Å²) in [5.74, 6) is 0.323. The molecule has 0 aliphatic heterocycles. The van der Waals surface area contributed by atoms with Crippen molar-refractivity contribution in [2.24, 2.45) is 0 Å². The van der Waals surface area contributed by atoms with Crippen LogP contribution >= 0.6 is 34.3 Å². The van der Waals surface area contributed by atoms with E-state index in [4.69, 9.17) is 11.6 Å². The minimum atomic E-state index is -3.45. The minimum absolute atomic E-state index is 0.323. The minimum Gasteiger partial charge on any atom is -0.250 e. The standard InChI is InChI=1S/C11H13ClN2O2S3/c1-8-10(18-7-13-8)5-14(2)19(15,16)11-3-9(4-12)6-17-11/h3,6-7H,4-5H2,1-2H3. The summed E-state index contributed by atoms with van der Waals surface area (Å²) in [6, 6.07) is 1.63. The third kappa shape index (κ3) is 3.17. The van der Waals surface area contributed by atoms with E-state index in [1.807, 2.05) is 6.92 Å². The number of aryl methyl sites for hydroxylation is 1. The fourth-order valence-corrected chi connectivity index (χ4v) is 5.19. The largest absolute Gasteiger partial charge is 0.252 e. The zero-order valence-corrected chi connectivity index (χ0v) is 13.7. The molecule has 0 radical (unpaired) electrons. The molecule has 0 fully saturated rings. The van der Waals surface area contributed by atoms with Gasteiger partial charge in [-0.15, -0.1) is 34.3 Å². The maximum Gasteiger partial charge on any atom is 0.252 e. The molecule has 4 nitrogen and oxygen atoms in total. The van der Waals surface area contributed by atoms with Crippen LogP contribution in [0.1, 0.15) is 16.1 Å². The molecular weight excluding hydrogens is 324 g/mol. The fraction of sp³-hybridized carbons (Fsp3) is 0.364. The molecule has 0 atom stereocenters. The first-order valence-electron chi connectivity index (χ1n) is 5.44. The van der Waals surface area contributed by atoms with Gasteiger partial charge in [0.05, 0.1) is 11.2 Å². The first-order valence-corrected chi connectivity index (χ1v) is 9.17. The molecule has 0 aromatic carbocycles. The quantitative estimate of drug-likeness (QED) is 0.788. The van der Waals surface area contributed by atoms with Crippen LogP contribution in [0.15, 0.2) is 21.2 Å². The number of hydrogen-bond donors (Lipinski definition) is 0. The lowest BCUT2D eigenvalue weighted by molar-refractivity contribution is 0.470. The molecule has 0 bridgehead atoms. The van der Waals surface area contributed by atoms with Crippen molar-refractivity contribution in [1.82, 2.24) is 9.29 Å². The average molecular weight is 337 g/mol. The summed E-state index contributed by atoms with van der Waals surface area (Å²) < 4.78 is 26.4. The summed E-state index contributed by atoms with van der Waals surface area (Å²) in [7, 11) is -1.87. The molecule has 2 rings (SSSR count). The van der Waals surface area contributed by atoms with Gasteiger partial charge in [0, 0.05) is 24.3 Å². The molecule has 0 saturated carbocycles. The zero-order valence-electron chi connectivity index (χ0n) is 10.5. The molecule has 2 aromatic heterocycles. The van der Waals surface area contributed by atoms with Crippen molar-refractivity contribution in [2.45, 2.75) is 23.6 Å². The van der Waals surface area contributed by atoms with Gasteiger partial charge in [-0.05, 0) is 23.9 Å². The number of thiophene rings is 1. The maximum absolute atomic E-state index is 12.4. The number of rotatable bonds is 5. The summed E-state index contributed by atoms with van der Waals surface area (Å²) in [5, 5.41) is 1.77. The van der Waals surface area contributed by atoms with Crippen LogP contribution in [0.25, 0.3) is 0 Å². The van der Waals surface area contributed by atoms with Crippen molar-refractivity contribution in [3.63, 3.8) is 0 Å². The second kappa shape index (κ2) is 5.88. The number of sulfonamides is 1. The predicted molar refractivity (Wildman–Crippen MR) is 79.4 cm³/mol. The molecule has 0 N–H and O–H groups in total. The third-order valence-corrected chi connectivity index (χ3v) is 7.16. The van der Waals surface area contributed by atoms with Crippen LogP contribution in [-0.4, -0.2) is 24.8 Å². The highest BCUT2D eigenvalue weighted by molar-refractivity contribution is 7.91. The summed E-state index contributed by atoms with van der Waals surface area (Å²) >= 11 is 8.36. The van der Waals surface area contributed by atoms with Gasteiger partial charge in [-0.1, -0.05) is 0 Å². The molecule has 104 valence electrons. The Kier molecular flexibility index (Phi) is 4.62. The SMILES string of the molecule is Cc1ncsc1CN(C)S(=O)(=O)c1cc(CCl)cs1. The Labute approximate surface area is 125 Å². The monoisotopic (exact) mass is 336 g/mol. The van der Waals surface area contributed by atoms with Gasteiger partial charge in [0.25, 0.3) is 10.0 Å². The highest BCUT2D eigenvalue weighted by Gasteiger charge is 2.23. The van der Waals surface area contributed by atoms with Crippen molar-refractivity contribution in [3.05, 3.63) is 33.1 Å². The van der Waals surface area contributed by atoms with Crippen LogP contribution in [0, 0.1) is 6.92 Å². The first-order chi connectivity index (χ1) is 8.95. The van der Waals surface area contributed by atoms with E-state index in [1.165, 1.54) is 27.0 Å². The van der Waals surface area contributed by atoms with E-state index in [0.29, 0.717) is 16.6 Å². The highest BCUT2D eigenvalue weighted by atomic mass is 35.5. The van der Waals surface area contributed by atoms with Gasteiger partial charge in [0.15, 0.2) is 0 Å². The fourth-order valence-electron chi connectivity index (χ4n) is 1.48. The molecule has 2 aromatic rings. The summed E-state index contributed by atoms with van der Waals surface area (Å²) in [6.45, 7) is 2.22. The van der Waals surface area contributed by atoms with Crippen molar-refractivity contribution >= 4 is 44.3 Å². The van der Waals surface area contributed by atoms with E-state index in [9.17, 15) is 8.42 Å². The van der Waals surface area contributed by atoms with E-state index < -0.39 is 10.0 Å². The molecule has 0 amide bonds. The van der Waals surface area contributed by atoms with Gasteiger partial charge in [-0.2, -0.15) is 4.31 Å². The van der Waals surface area contributed by atoms with E-state index in [1.54, 1.807) is 24.0 Å². The smallest absolute Gasteiger partial charge is 0.250 e. The van der Waals surface area contributed by atoms with Gasteiger partial charge in [0.2, 0.25) is 0 Å². The predicted octanol–water partition coefficient (Wildman–Crippen LogP) is 3.07. The lowest BCUT2D eigenvalue weighted by Gasteiger charge is -2.15. The second-order valence-electron chi connectivity index (χ2n) is 4.03. The molecule has 0 unspecified atom stereocenters. The van der Waals surface area contributed by atoms with Crippen LogP contribution in [0.2, 0.25) is 0 Å². The highest BCUT2D eigenvalue weighted by Crippen LogP contribution is 2.26. The molecule has 0 spiro atoms. The van der Waals surface area contributed by atoms with Crippen LogP contribution in [0.4, 0.5) is 0 Å². The lowest BCUT2D eigenvalue weighted by atomic mass is 10.4. The maximum atomic E-state index is 12.4. The summed E-state index contributed by atoms with van der Waals surface area (Å²) in [6.07, 6.45) is 0. The number of aromatic nitrogens is 1. The molecule has 0 aliphatic rings. The van der Waals surface area contributed by atoms with E-state index in [-0.39, 0.29) is 0 Å².